The molecule has 2 N–H and O–H groups in total. The van der Waals surface area contributed by atoms with Crippen LogP contribution in [0.25, 0.3) is 0 Å². The molecule has 1 aromatic rings. The number of ether oxygens (including phenoxy) is 2. The maximum absolute atomic E-state index is 13.1. The molecule has 218 valence electrons. The molecule has 2 fully saturated rings. The Morgan fingerprint density at radius 2 is 1.82 bits per heavy atom. The molecule has 3 aliphatic heterocycles. The number of nitrogen functional groups attached to an aromatic ring is 1. The van der Waals surface area contributed by atoms with Crippen LogP contribution < -0.4 is 5.73 Å². The molecule has 4 amide bonds. The van der Waals surface area contributed by atoms with Crippen molar-refractivity contribution in [1.29, 1.82) is 0 Å². The van der Waals surface area contributed by atoms with Gasteiger partial charge in [0.1, 0.15) is 6.04 Å². The average molecular weight is 556 g/mol. The fourth-order valence-electron chi connectivity index (χ4n) is 5.32. The zero-order chi connectivity index (χ0) is 28.5. The molecule has 2 saturated heterocycles. The van der Waals surface area contributed by atoms with Gasteiger partial charge < -0.3 is 29.9 Å². The van der Waals surface area contributed by atoms with Crippen LogP contribution in [0.15, 0.2) is 30.4 Å². The fourth-order valence-corrected chi connectivity index (χ4v) is 5.32. The molecule has 3 heterocycles. The Morgan fingerprint density at radius 3 is 2.58 bits per heavy atom. The maximum atomic E-state index is 13.1. The van der Waals surface area contributed by atoms with Crippen molar-refractivity contribution in [3.05, 3.63) is 41.5 Å². The highest BCUT2D eigenvalue weighted by Crippen LogP contribution is 2.31. The van der Waals surface area contributed by atoms with Gasteiger partial charge in [0.25, 0.3) is 11.8 Å². The minimum Gasteiger partial charge on any atom is -0.398 e. The molecule has 40 heavy (non-hydrogen) atoms. The number of rotatable bonds is 13. The van der Waals surface area contributed by atoms with Gasteiger partial charge in [0.2, 0.25) is 11.8 Å². The van der Waals surface area contributed by atoms with Gasteiger partial charge in [0.15, 0.2) is 0 Å². The van der Waals surface area contributed by atoms with Crippen LogP contribution in [0.1, 0.15) is 48.0 Å². The summed E-state index contributed by atoms with van der Waals surface area (Å²) in [6, 6.07) is 4.50. The summed E-state index contributed by atoms with van der Waals surface area (Å²) >= 11 is 0. The SMILES string of the molecule is CN(C/C=C/C(=O)N1CCCCC1)CCOCCOCCN1C(=O)CCC(N2Cc3c(N)cccc3C2=O)C1=O. The van der Waals surface area contributed by atoms with Gasteiger partial charge in [-0.05, 0) is 44.9 Å². The fraction of sp³-hybridized carbons (Fsp3) is 0.586. The molecule has 11 nitrogen and oxygen atoms in total. The first-order valence-corrected chi connectivity index (χ1v) is 14.2. The van der Waals surface area contributed by atoms with Crippen molar-refractivity contribution in [3.63, 3.8) is 0 Å². The molecule has 0 aliphatic carbocycles. The Hall–Kier alpha value is -3.28. The second-order valence-electron chi connectivity index (χ2n) is 10.5. The van der Waals surface area contributed by atoms with Crippen LogP contribution in [0.3, 0.4) is 0 Å². The quantitative estimate of drug-likeness (QED) is 0.167. The molecular formula is C29H41N5O6. The number of likely N-dealkylation sites (tertiary alicyclic amines) is 2. The number of likely N-dealkylation sites (N-methyl/N-ethyl adjacent to an activating group) is 1. The number of benzene rings is 1. The van der Waals surface area contributed by atoms with Gasteiger partial charge in [-0.2, -0.15) is 0 Å². The van der Waals surface area contributed by atoms with Crippen LogP contribution in [0, 0.1) is 0 Å². The van der Waals surface area contributed by atoms with E-state index in [4.69, 9.17) is 15.2 Å². The Labute approximate surface area is 235 Å². The second kappa shape index (κ2) is 14.4. The van der Waals surface area contributed by atoms with E-state index >= 15 is 0 Å². The average Bonchev–Trinajstić information content (AvgIpc) is 3.29. The molecule has 0 bridgehead atoms. The van der Waals surface area contributed by atoms with Crippen molar-refractivity contribution in [2.45, 2.75) is 44.7 Å². The third-order valence-corrected chi connectivity index (χ3v) is 7.69. The van der Waals surface area contributed by atoms with E-state index in [1.807, 2.05) is 18.0 Å². The lowest BCUT2D eigenvalue weighted by Crippen LogP contribution is -2.55. The van der Waals surface area contributed by atoms with Crippen LogP contribution in [0.5, 0.6) is 0 Å². The number of nitrogens with zero attached hydrogens (tertiary/aromatic N) is 4. The highest BCUT2D eigenvalue weighted by molar-refractivity contribution is 6.06. The Bertz CT molecular complexity index is 1100. The smallest absolute Gasteiger partial charge is 0.255 e. The van der Waals surface area contributed by atoms with Crippen molar-refractivity contribution >= 4 is 29.3 Å². The van der Waals surface area contributed by atoms with E-state index in [0.29, 0.717) is 50.6 Å². The van der Waals surface area contributed by atoms with Gasteiger partial charge in [-0.3, -0.25) is 24.1 Å². The third kappa shape index (κ3) is 7.47. The zero-order valence-electron chi connectivity index (χ0n) is 23.4. The van der Waals surface area contributed by atoms with Crippen LogP contribution >= 0.6 is 0 Å². The number of hydrogen-bond acceptors (Lipinski definition) is 8. The van der Waals surface area contributed by atoms with E-state index in [-0.39, 0.29) is 49.7 Å². The summed E-state index contributed by atoms with van der Waals surface area (Å²) < 4.78 is 11.2. The van der Waals surface area contributed by atoms with Crippen LogP contribution in [0.4, 0.5) is 5.69 Å². The van der Waals surface area contributed by atoms with Crippen LogP contribution in [-0.2, 0) is 30.4 Å². The van der Waals surface area contributed by atoms with E-state index in [0.717, 1.165) is 31.5 Å². The topological polar surface area (TPSA) is 126 Å². The molecule has 1 unspecified atom stereocenters. The monoisotopic (exact) mass is 555 g/mol. The Morgan fingerprint density at radius 1 is 1.07 bits per heavy atom. The Kier molecular flexibility index (Phi) is 10.7. The first-order chi connectivity index (χ1) is 19.4. The highest BCUT2D eigenvalue weighted by Gasteiger charge is 2.42. The third-order valence-electron chi connectivity index (χ3n) is 7.69. The van der Waals surface area contributed by atoms with E-state index in [9.17, 15) is 19.2 Å². The van der Waals surface area contributed by atoms with E-state index in [2.05, 4.69) is 4.90 Å². The standard InChI is InChI=1S/C29H41N5O6/c1-31(12-6-9-26(35)32-13-3-2-4-14-32)15-17-39-19-20-40-18-16-33-27(36)11-10-25(29(33)38)34-21-23-22(28(34)37)7-5-8-24(23)30/h5-9,25H,2-4,10-21,30H2,1H3/b9-6+. The summed E-state index contributed by atoms with van der Waals surface area (Å²) in [5.41, 5.74) is 7.81. The van der Waals surface area contributed by atoms with Crippen LogP contribution in [0.2, 0.25) is 0 Å². The predicted octanol–water partition coefficient (Wildman–Crippen LogP) is 1.28. The van der Waals surface area contributed by atoms with E-state index < -0.39 is 6.04 Å². The van der Waals surface area contributed by atoms with E-state index in [1.165, 1.54) is 16.2 Å². The lowest BCUT2D eigenvalue weighted by atomic mass is 10.0. The molecule has 11 heteroatoms. The molecule has 1 atom stereocenters. The number of amides is 4. The lowest BCUT2D eigenvalue weighted by molar-refractivity contribution is -0.153. The number of fused-ring (bicyclic) bond motifs is 1. The van der Waals surface area contributed by atoms with Gasteiger partial charge in [-0.15, -0.1) is 0 Å². The van der Waals surface area contributed by atoms with Gasteiger partial charge in [-0.1, -0.05) is 12.1 Å². The van der Waals surface area contributed by atoms with Crippen molar-refractivity contribution in [1.82, 2.24) is 19.6 Å². The summed E-state index contributed by atoms with van der Waals surface area (Å²) in [5.74, 6) is -0.758. The molecule has 3 aliphatic rings. The van der Waals surface area contributed by atoms with Gasteiger partial charge in [0, 0.05) is 62.0 Å². The molecular weight excluding hydrogens is 514 g/mol. The normalized spacial score (nSPS) is 19.8. The van der Waals surface area contributed by atoms with Gasteiger partial charge in [0.05, 0.1) is 33.0 Å². The van der Waals surface area contributed by atoms with Gasteiger partial charge in [-0.25, -0.2) is 0 Å². The summed E-state index contributed by atoms with van der Waals surface area (Å²) in [7, 11) is 1.97. The molecule has 4 rings (SSSR count). The number of carbonyl (C=O) groups is 4. The number of imide groups is 1. The van der Waals surface area contributed by atoms with Gasteiger partial charge >= 0.3 is 0 Å². The summed E-state index contributed by atoms with van der Waals surface area (Å²) in [5, 5.41) is 0. The number of carbonyl (C=O) groups excluding carboxylic acids is 4. The maximum Gasteiger partial charge on any atom is 0.255 e. The summed E-state index contributed by atoms with van der Waals surface area (Å²) in [4.78, 5) is 57.4. The summed E-state index contributed by atoms with van der Waals surface area (Å²) in [6.07, 6.45) is 7.43. The summed E-state index contributed by atoms with van der Waals surface area (Å²) in [6.45, 7) is 4.95. The van der Waals surface area contributed by atoms with Crippen molar-refractivity contribution < 1.29 is 28.7 Å². The number of anilines is 1. The number of hydrogen-bond donors (Lipinski definition) is 1. The minimum atomic E-state index is -0.685. The number of piperidine rings is 2. The lowest BCUT2D eigenvalue weighted by Gasteiger charge is -2.35. The van der Waals surface area contributed by atoms with Crippen LogP contribution in [-0.4, -0.2) is 115 Å². The molecule has 0 spiro atoms. The van der Waals surface area contributed by atoms with Crippen molar-refractivity contribution in [3.8, 4) is 0 Å². The van der Waals surface area contributed by atoms with Crippen molar-refractivity contribution in [2.75, 3.05) is 71.9 Å². The largest absolute Gasteiger partial charge is 0.398 e. The minimum absolute atomic E-state index is 0.0882. The first kappa shape index (κ1) is 29.7. The molecule has 0 saturated carbocycles. The Balaban J connectivity index is 1.09. The highest BCUT2D eigenvalue weighted by atomic mass is 16.5. The van der Waals surface area contributed by atoms with Crippen molar-refractivity contribution in [2.24, 2.45) is 0 Å². The number of nitrogens with two attached hydrogens (primary N) is 1. The molecule has 1 aromatic carbocycles. The zero-order valence-corrected chi connectivity index (χ0v) is 23.4. The predicted molar refractivity (Wildman–Crippen MR) is 149 cm³/mol. The van der Waals surface area contributed by atoms with E-state index in [1.54, 1.807) is 24.3 Å². The first-order valence-electron chi connectivity index (χ1n) is 14.2. The second-order valence-corrected chi connectivity index (χ2v) is 10.5. The molecule has 0 radical (unpaired) electrons. The molecule has 0 aromatic heterocycles.